The minimum Gasteiger partial charge on any atom is -0.452 e. The van der Waals surface area contributed by atoms with Crippen molar-refractivity contribution >= 4 is 21.9 Å². The largest absolute Gasteiger partial charge is 0.452 e. The molecule has 0 saturated carbocycles. The minimum atomic E-state index is -3.81. The van der Waals surface area contributed by atoms with Gasteiger partial charge in [0.15, 0.2) is 6.61 Å². The number of piperidine rings is 1. The van der Waals surface area contributed by atoms with E-state index in [4.69, 9.17) is 4.74 Å². The molecule has 7 nitrogen and oxygen atoms in total. The molecule has 31 heavy (non-hydrogen) atoms. The van der Waals surface area contributed by atoms with Gasteiger partial charge in [-0.2, -0.15) is 0 Å². The Morgan fingerprint density at radius 2 is 1.71 bits per heavy atom. The molecule has 1 fully saturated rings. The van der Waals surface area contributed by atoms with Crippen molar-refractivity contribution in [2.75, 3.05) is 6.61 Å². The molecule has 2 aromatic carbocycles. The zero-order valence-corrected chi connectivity index (χ0v) is 18.6. The average molecular weight is 445 g/mol. The normalized spacial score (nSPS) is 19.1. The average Bonchev–Trinajstić information content (AvgIpc) is 2.77. The van der Waals surface area contributed by atoms with Crippen LogP contribution in [0, 0.1) is 0 Å². The molecule has 0 aliphatic carbocycles. The molecule has 2 atom stereocenters. The lowest BCUT2D eigenvalue weighted by Gasteiger charge is -2.38. The number of rotatable bonds is 7. The molecule has 1 amide bonds. The second kappa shape index (κ2) is 10.1. The molecule has 0 aromatic heterocycles. The second-order valence-electron chi connectivity index (χ2n) is 7.84. The molecular weight excluding hydrogens is 416 g/mol. The van der Waals surface area contributed by atoms with Crippen LogP contribution in [0.5, 0.6) is 0 Å². The van der Waals surface area contributed by atoms with Gasteiger partial charge in [-0.3, -0.25) is 4.79 Å². The van der Waals surface area contributed by atoms with E-state index in [1.807, 2.05) is 44.2 Å². The van der Waals surface area contributed by atoms with Crippen LogP contribution in [0.1, 0.15) is 49.0 Å². The number of carbonyl (C=O) groups is 2. The quantitative estimate of drug-likeness (QED) is 0.663. The van der Waals surface area contributed by atoms with E-state index in [-0.39, 0.29) is 41.6 Å². The van der Waals surface area contributed by atoms with Crippen molar-refractivity contribution in [2.24, 2.45) is 0 Å². The highest BCUT2D eigenvalue weighted by molar-refractivity contribution is 7.89. The maximum atomic E-state index is 12.6. The molecule has 1 heterocycles. The molecule has 0 bridgehead atoms. The maximum absolute atomic E-state index is 12.6. The van der Waals surface area contributed by atoms with Crippen molar-refractivity contribution in [3.63, 3.8) is 0 Å². The molecule has 0 radical (unpaired) electrons. The van der Waals surface area contributed by atoms with Crippen molar-refractivity contribution < 1.29 is 22.7 Å². The lowest BCUT2D eigenvalue weighted by molar-refractivity contribution is -0.140. The number of hydrogen-bond acceptors (Lipinski definition) is 5. The van der Waals surface area contributed by atoms with E-state index >= 15 is 0 Å². The van der Waals surface area contributed by atoms with E-state index in [0.29, 0.717) is 0 Å². The Balaban J connectivity index is 1.62. The van der Waals surface area contributed by atoms with Crippen LogP contribution >= 0.6 is 0 Å². The van der Waals surface area contributed by atoms with Gasteiger partial charge in [-0.15, -0.1) is 0 Å². The topological polar surface area (TPSA) is 92.8 Å². The fourth-order valence-electron chi connectivity index (χ4n) is 3.85. The first kappa shape index (κ1) is 23.0. The molecule has 2 aromatic rings. The van der Waals surface area contributed by atoms with Crippen LogP contribution in [-0.4, -0.2) is 43.9 Å². The monoisotopic (exact) mass is 444 g/mol. The van der Waals surface area contributed by atoms with E-state index in [9.17, 15) is 18.0 Å². The van der Waals surface area contributed by atoms with Crippen LogP contribution in [-0.2, 0) is 26.1 Å². The van der Waals surface area contributed by atoms with Gasteiger partial charge >= 0.3 is 5.97 Å². The van der Waals surface area contributed by atoms with E-state index in [0.717, 1.165) is 24.8 Å². The van der Waals surface area contributed by atoms with Crippen molar-refractivity contribution in [2.45, 2.75) is 56.6 Å². The Morgan fingerprint density at radius 1 is 1.03 bits per heavy atom. The first-order valence-corrected chi connectivity index (χ1v) is 11.9. The van der Waals surface area contributed by atoms with Crippen LogP contribution in [0.15, 0.2) is 59.5 Å². The number of sulfonamides is 1. The van der Waals surface area contributed by atoms with Gasteiger partial charge < -0.3 is 9.64 Å². The summed E-state index contributed by atoms with van der Waals surface area (Å²) in [6.07, 6.45) is 2.94. The van der Waals surface area contributed by atoms with Gasteiger partial charge in [-0.05, 0) is 56.9 Å². The van der Waals surface area contributed by atoms with Gasteiger partial charge in [-0.25, -0.2) is 17.9 Å². The maximum Gasteiger partial charge on any atom is 0.338 e. The zero-order chi connectivity index (χ0) is 22.4. The van der Waals surface area contributed by atoms with Crippen LogP contribution in [0.3, 0.4) is 0 Å². The summed E-state index contributed by atoms with van der Waals surface area (Å²) in [5, 5.41) is 0. The Labute approximate surface area is 183 Å². The van der Waals surface area contributed by atoms with Crippen molar-refractivity contribution in [3.8, 4) is 0 Å². The minimum absolute atomic E-state index is 0.0394. The summed E-state index contributed by atoms with van der Waals surface area (Å²) in [6.45, 7) is 3.76. The molecule has 1 N–H and O–H groups in total. The highest BCUT2D eigenvalue weighted by atomic mass is 32.2. The van der Waals surface area contributed by atoms with Crippen LogP contribution in [0.25, 0.3) is 0 Å². The van der Waals surface area contributed by atoms with E-state index < -0.39 is 16.0 Å². The molecule has 1 saturated heterocycles. The summed E-state index contributed by atoms with van der Waals surface area (Å²) in [5.41, 5.74) is 0.899. The first-order chi connectivity index (χ1) is 14.8. The summed E-state index contributed by atoms with van der Waals surface area (Å²) >= 11 is 0. The van der Waals surface area contributed by atoms with Gasteiger partial charge in [0.2, 0.25) is 10.0 Å². The number of ether oxygens (including phenoxy) is 1. The van der Waals surface area contributed by atoms with Gasteiger partial charge in [-0.1, -0.05) is 36.4 Å². The molecule has 166 valence electrons. The van der Waals surface area contributed by atoms with Crippen LogP contribution in [0.4, 0.5) is 0 Å². The third-order valence-corrected chi connectivity index (χ3v) is 6.90. The Bertz CT molecular complexity index is 1010. The first-order valence-electron chi connectivity index (χ1n) is 10.4. The predicted molar refractivity (Wildman–Crippen MR) is 117 cm³/mol. The molecule has 3 rings (SSSR count). The van der Waals surface area contributed by atoms with Gasteiger partial charge in [0, 0.05) is 18.6 Å². The summed E-state index contributed by atoms with van der Waals surface area (Å²) in [5.74, 6) is -0.966. The molecule has 1 aliphatic rings. The highest BCUT2D eigenvalue weighted by Gasteiger charge is 2.29. The smallest absolute Gasteiger partial charge is 0.338 e. The number of benzene rings is 2. The van der Waals surface area contributed by atoms with E-state index in [1.54, 1.807) is 4.90 Å². The van der Waals surface area contributed by atoms with E-state index in [2.05, 4.69) is 4.72 Å². The standard InChI is InChI=1S/C23H28N2O5S/c1-17-8-6-9-18(2)25(17)22(26)16-30-23(27)20-12-7-13-21(14-20)31(28,29)24-15-19-10-4-3-5-11-19/h3-5,7,10-14,17-18,24H,6,8-9,15-16H2,1-2H3/t17-,18-/m1/s1. The number of amides is 1. The number of nitrogens with one attached hydrogen (secondary N) is 1. The number of nitrogens with zero attached hydrogens (tertiary/aromatic N) is 1. The second-order valence-corrected chi connectivity index (χ2v) is 9.61. The third-order valence-electron chi connectivity index (χ3n) is 5.50. The summed E-state index contributed by atoms with van der Waals surface area (Å²) < 4.78 is 32.9. The fourth-order valence-corrected chi connectivity index (χ4v) is 4.91. The molecule has 8 heteroatoms. The molecule has 0 unspecified atom stereocenters. The van der Waals surface area contributed by atoms with Crippen LogP contribution in [0.2, 0.25) is 0 Å². The van der Waals surface area contributed by atoms with Gasteiger partial charge in [0.1, 0.15) is 0 Å². The molecule has 0 spiro atoms. The third kappa shape index (κ3) is 5.92. The Kier molecular flexibility index (Phi) is 7.46. The van der Waals surface area contributed by atoms with Crippen molar-refractivity contribution in [3.05, 3.63) is 65.7 Å². The van der Waals surface area contributed by atoms with Gasteiger partial charge in [0.25, 0.3) is 5.91 Å². The number of esters is 1. The summed E-state index contributed by atoms with van der Waals surface area (Å²) in [4.78, 5) is 26.7. The fraction of sp³-hybridized carbons (Fsp3) is 0.391. The molecule has 1 aliphatic heterocycles. The SMILES string of the molecule is C[C@@H]1CCC[C@@H](C)N1C(=O)COC(=O)c1cccc(S(=O)(=O)NCc2ccccc2)c1. The van der Waals surface area contributed by atoms with Crippen LogP contribution < -0.4 is 4.72 Å². The lowest BCUT2D eigenvalue weighted by Crippen LogP contribution is -2.49. The number of likely N-dealkylation sites (tertiary alicyclic amines) is 1. The van der Waals surface area contributed by atoms with Gasteiger partial charge in [0.05, 0.1) is 10.5 Å². The van der Waals surface area contributed by atoms with Crippen molar-refractivity contribution in [1.82, 2.24) is 9.62 Å². The number of hydrogen-bond donors (Lipinski definition) is 1. The lowest BCUT2D eigenvalue weighted by atomic mass is 9.97. The Hall–Kier alpha value is -2.71. The predicted octanol–water partition coefficient (Wildman–Crippen LogP) is 3.11. The zero-order valence-electron chi connectivity index (χ0n) is 17.8. The Morgan fingerprint density at radius 3 is 2.39 bits per heavy atom. The van der Waals surface area contributed by atoms with Crippen molar-refractivity contribution in [1.29, 1.82) is 0 Å². The summed E-state index contributed by atoms with van der Waals surface area (Å²) in [7, 11) is -3.81. The number of carbonyl (C=O) groups excluding carboxylic acids is 2. The molecular formula is C23H28N2O5S. The highest BCUT2D eigenvalue weighted by Crippen LogP contribution is 2.22. The summed E-state index contributed by atoms with van der Waals surface area (Å²) in [6, 6.07) is 15.0. The van der Waals surface area contributed by atoms with E-state index in [1.165, 1.54) is 24.3 Å².